The molecule has 2 N–H and O–H groups in total. The molecule has 1 aliphatic heterocycles. The van der Waals surface area contributed by atoms with E-state index in [9.17, 15) is 14.4 Å². The molecule has 7 nitrogen and oxygen atoms in total. The van der Waals surface area contributed by atoms with Gasteiger partial charge in [0.1, 0.15) is 11.6 Å². The minimum Gasteiger partial charge on any atom is -0.456 e. The van der Waals surface area contributed by atoms with Crippen molar-refractivity contribution < 1.29 is 19.1 Å². The van der Waals surface area contributed by atoms with Crippen molar-refractivity contribution >= 4 is 29.3 Å². The van der Waals surface area contributed by atoms with Gasteiger partial charge in [-0.1, -0.05) is 50.2 Å². The second kappa shape index (κ2) is 11.7. The molecule has 0 radical (unpaired) electrons. The molecule has 1 heterocycles. The number of hydrogen-bond donors (Lipinski definition) is 2. The zero-order valence-electron chi connectivity index (χ0n) is 23.3. The molecule has 1 atom stereocenters. The Bertz CT molecular complexity index is 1320. The molecule has 4 rings (SSSR count). The van der Waals surface area contributed by atoms with Gasteiger partial charge in [-0.25, -0.2) is 9.59 Å². The number of amides is 3. The second-order valence-electron chi connectivity index (χ2n) is 11.2. The van der Waals surface area contributed by atoms with Crippen LogP contribution in [-0.2, 0) is 9.53 Å². The monoisotopic (exact) mass is 527 g/mol. The second-order valence-corrected chi connectivity index (χ2v) is 11.2. The van der Waals surface area contributed by atoms with Crippen LogP contribution in [0.2, 0.25) is 0 Å². The minimum atomic E-state index is -0.568. The molecule has 3 aromatic carbocycles. The van der Waals surface area contributed by atoms with Crippen LogP contribution < -0.4 is 10.6 Å². The Morgan fingerprint density at radius 3 is 2.15 bits per heavy atom. The van der Waals surface area contributed by atoms with Crippen molar-refractivity contribution in [3.05, 3.63) is 83.9 Å². The third kappa shape index (κ3) is 7.25. The van der Waals surface area contributed by atoms with Crippen LogP contribution >= 0.6 is 0 Å². The van der Waals surface area contributed by atoms with Crippen LogP contribution in [0.1, 0.15) is 69.3 Å². The minimum absolute atomic E-state index is 0.211. The molecule has 39 heavy (non-hydrogen) atoms. The molecule has 0 spiro atoms. The van der Waals surface area contributed by atoms with E-state index in [-0.39, 0.29) is 17.9 Å². The highest BCUT2D eigenvalue weighted by Crippen LogP contribution is 2.25. The maximum absolute atomic E-state index is 13.1. The fourth-order valence-corrected chi connectivity index (χ4v) is 4.56. The van der Waals surface area contributed by atoms with Crippen molar-refractivity contribution in [3.8, 4) is 11.1 Å². The van der Waals surface area contributed by atoms with Gasteiger partial charge in [-0.05, 0) is 92.6 Å². The Kier molecular flexibility index (Phi) is 8.38. The number of benzene rings is 3. The normalized spacial score (nSPS) is 15.2. The third-order valence-corrected chi connectivity index (χ3v) is 6.63. The number of urea groups is 1. The molecule has 0 aliphatic carbocycles. The number of ether oxygens (including phenoxy) is 1. The Labute approximate surface area is 230 Å². The summed E-state index contributed by atoms with van der Waals surface area (Å²) < 4.78 is 5.48. The summed E-state index contributed by atoms with van der Waals surface area (Å²) in [6.07, 6.45) is 1.38. The number of hydrogen-bond acceptors (Lipinski definition) is 4. The van der Waals surface area contributed by atoms with E-state index in [1.165, 1.54) is 5.56 Å². The van der Waals surface area contributed by atoms with Gasteiger partial charge in [0.05, 0.1) is 5.56 Å². The lowest BCUT2D eigenvalue weighted by molar-refractivity contribution is -0.119. The number of anilines is 2. The van der Waals surface area contributed by atoms with Gasteiger partial charge in [0.15, 0.2) is 0 Å². The van der Waals surface area contributed by atoms with Gasteiger partial charge in [-0.2, -0.15) is 0 Å². The Morgan fingerprint density at radius 2 is 1.51 bits per heavy atom. The number of carbonyl (C=O) groups is 3. The molecule has 204 valence electrons. The first kappa shape index (κ1) is 27.9. The van der Waals surface area contributed by atoms with Crippen LogP contribution in [0, 0.1) is 0 Å². The molecule has 3 amide bonds. The van der Waals surface area contributed by atoms with Crippen molar-refractivity contribution in [2.75, 3.05) is 17.2 Å². The number of esters is 1. The first-order valence-corrected chi connectivity index (χ1v) is 13.4. The SMILES string of the molecule is CC(C)c1ccc(NC(=O)N2CCC[C@@H]2C(=O)Nc2ccc(-c3cccc(C(=O)OC(C)(C)C)c3)cc2)cc1. The number of rotatable bonds is 6. The predicted molar refractivity (Wildman–Crippen MR) is 155 cm³/mol. The fourth-order valence-electron chi connectivity index (χ4n) is 4.56. The first-order chi connectivity index (χ1) is 18.5. The summed E-state index contributed by atoms with van der Waals surface area (Å²) in [5.41, 5.74) is 4.25. The van der Waals surface area contributed by atoms with Gasteiger partial charge in [-0.15, -0.1) is 0 Å². The van der Waals surface area contributed by atoms with E-state index < -0.39 is 11.6 Å². The lowest BCUT2D eigenvalue weighted by Crippen LogP contribution is -2.45. The highest BCUT2D eigenvalue weighted by molar-refractivity contribution is 5.99. The van der Waals surface area contributed by atoms with Crippen LogP contribution in [0.15, 0.2) is 72.8 Å². The number of likely N-dealkylation sites (tertiary alicyclic amines) is 1. The molecule has 0 saturated carbocycles. The third-order valence-electron chi connectivity index (χ3n) is 6.63. The Hall–Kier alpha value is -4.13. The van der Waals surface area contributed by atoms with Gasteiger partial charge in [-0.3, -0.25) is 4.79 Å². The molecular weight excluding hydrogens is 490 g/mol. The quantitative estimate of drug-likeness (QED) is 0.336. The van der Waals surface area contributed by atoms with Gasteiger partial charge >= 0.3 is 12.0 Å². The highest BCUT2D eigenvalue weighted by atomic mass is 16.6. The zero-order chi connectivity index (χ0) is 28.2. The summed E-state index contributed by atoms with van der Waals surface area (Å²) in [5.74, 6) is -0.165. The summed E-state index contributed by atoms with van der Waals surface area (Å²) in [7, 11) is 0. The first-order valence-electron chi connectivity index (χ1n) is 13.4. The topological polar surface area (TPSA) is 87.7 Å². The smallest absolute Gasteiger partial charge is 0.338 e. The molecule has 1 aliphatic rings. The van der Waals surface area contributed by atoms with Crippen molar-refractivity contribution in [1.82, 2.24) is 4.90 Å². The predicted octanol–water partition coefficient (Wildman–Crippen LogP) is 7.07. The van der Waals surface area contributed by atoms with Crippen LogP contribution in [0.4, 0.5) is 16.2 Å². The van der Waals surface area contributed by atoms with Crippen molar-refractivity contribution in [2.24, 2.45) is 0 Å². The summed E-state index contributed by atoms with van der Waals surface area (Å²) >= 11 is 0. The highest BCUT2D eigenvalue weighted by Gasteiger charge is 2.34. The van der Waals surface area contributed by atoms with Crippen LogP contribution in [0.3, 0.4) is 0 Å². The lowest BCUT2D eigenvalue weighted by Gasteiger charge is -2.24. The molecule has 7 heteroatoms. The van der Waals surface area contributed by atoms with Gasteiger partial charge < -0.3 is 20.3 Å². The van der Waals surface area contributed by atoms with E-state index in [0.29, 0.717) is 35.8 Å². The molecule has 0 bridgehead atoms. The van der Waals surface area contributed by atoms with Gasteiger partial charge in [0.25, 0.3) is 0 Å². The van der Waals surface area contributed by atoms with Crippen molar-refractivity contribution in [1.29, 1.82) is 0 Å². The zero-order valence-corrected chi connectivity index (χ0v) is 23.3. The van der Waals surface area contributed by atoms with Crippen LogP contribution in [-0.4, -0.2) is 41.0 Å². The summed E-state index contributed by atoms with van der Waals surface area (Å²) in [6, 6.07) is 21.7. The molecular formula is C32H37N3O4. The summed E-state index contributed by atoms with van der Waals surface area (Å²) in [4.78, 5) is 40.1. The number of carbonyl (C=O) groups excluding carboxylic acids is 3. The van der Waals surface area contributed by atoms with Crippen molar-refractivity contribution in [3.63, 3.8) is 0 Å². The largest absolute Gasteiger partial charge is 0.456 e. The standard InChI is InChI=1S/C32H37N3O4/c1-21(2)22-11-15-27(16-12-22)34-31(38)35-19-7-10-28(35)29(36)33-26-17-13-23(14-18-26)24-8-6-9-25(20-24)30(37)39-32(3,4)5/h6,8-9,11-18,20-21,28H,7,10,19H2,1-5H3,(H,33,36)(H,34,38)/t28-/m1/s1. The van der Waals surface area contributed by atoms with Crippen LogP contribution in [0.5, 0.6) is 0 Å². The molecule has 3 aromatic rings. The van der Waals surface area contributed by atoms with E-state index >= 15 is 0 Å². The van der Waals surface area contributed by atoms with Gasteiger partial charge in [0.2, 0.25) is 5.91 Å². The van der Waals surface area contributed by atoms with E-state index in [1.807, 2.05) is 81.4 Å². The number of nitrogens with one attached hydrogen (secondary N) is 2. The number of nitrogens with zero attached hydrogens (tertiary/aromatic N) is 1. The maximum atomic E-state index is 13.1. The molecule has 1 fully saturated rings. The van der Waals surface area contributed by atoms with Gasteiger partial charge in [0, 0.05) is 17.9 Å². The van der Waals surface area contributed by atoms with E-state index in [1.54, 1.807) is 17.0 Å². The summed E-state index contributed by atoms with van der Waals surface area (Å²) in [5, 5.41) is 5.88. The lowest BCUT2D eigenvalue weighted by atomic mass is 10.0. The maximum Gasteiger partial charge on any atom is 0.338 e. The molecule has 1 saturated heterocycles. The van der Waals surface area contributed by atoms with Crippen LogP contribution in [0.25, 0.3) is 11.1 Å². The van der Waals surface area contributed by atoms with E-state index in [4.69, 9.17) is 4.74 Å². The average molecular weight is 528 g/mol. The molecule has 0 aromatic heterocycles. The van der Waals surface area contributed by atoms with E-state index in [0.717, 1.165) is 17.5 Å². The van der Waals surface area contributed by atoms with Crippen molar-refractivity contribution in [2.45, 2.75) is 65.0 Å². The Balaban J connectivity index is 1.38. The summed E-state index contributed by atoms with van der Waals surface area (Å²) in [6.45, 7) is 10.3. The Morgan fingerprint density at radius 1 is 0.872 bits per heavy atom. The molecule has 0 unspecified atom stereocenters. The average Bonchev–Trinajstić information content (AvgIpc) is 3.39. The fraction of sp³-hybridized carbons (Fsp3) is 0.344. The van der Waals surface area contributed by atoms with E-state index in [2.05, 4.69) is 24.5 Å².